The molecule has 1 amide bonds. The summed E-state index contributed by atoms with van der Waals surface area (Å²) in [5, 5.41) is 12.3. The summed E-state index contributed by atoms with van der Waals surface area (Å²) in [5.41, 5.74) is -0.156. The lowest BCUT2D eigenvalue weighted by Gasteiger charge is -2.24. The van der Waals surface area contributed by atoms with Gasteiger partial charge in [0.25, 0.3) is 0 Å². The minimum atomic E-state index is -0.156. The third kappa shape index (κ3) is 5.13. The molecule has 17 heavy (non-hydrogen) atoms. The van der Waals surface area contributed by atoms with Crippen molar-refractivity contribution in [2.45, 2.75) is 37.6 Å². The van der Waals surface area contributed by atoms with E-state index in [0.717, 1.165) is 11.3 Å². The van der Waals surface area contributed by atoms with Crippen LogP contribution in [0.3, 0.4) is 0 Å². The zero-order chi connectivity index (χ0) is 12.9. The summed E-state index contributed by atoms with van der Waals surface area (Å²) in [4.78, 5) is 12.6. The number of carbonyl (C=O) groups is 1. The Kier molecular flexibility index (Phi) is 4.87. The lowest BCUT2D eigenvalue weighted by atomic mass is 10.0. The van der Waals surface area contributed by atoms with Gasteiger partial charge in [-0.05, 0) is 38.5 Å². The normalized spacial score (nSPS) is 11.2. The van der Waals surface area contributed by atoms with E-state index >= 15 is 0 Å². The molecule has 94 valence electrons. The molecule has 0 aliphatic heterocycles. The quantitative estimate of drug-likeness (QED) is 0.793. The summed E-state index contributed by atoms with van der Waals surface area (Å²) < 4.78 is 0. The molecule has 0 bridgehead atoms. The van der Waals surface area contributed by atoms with Crippen molar-refractivity contribution in [2.24, 2.45) is 0 Å². The molecular formula is C13H19NO2S. The van der Waals surface area contributed by atoms with E-state index < -0.39 is 0 Å². The summed E-state index contributed by atoms with van der Waals surface area (Å²) in [6, 6.07) is 6.92. The first-order valence-corrected chi connectivity index (χ1v) is 6.64. The third-order valence-electron chi connectivity index (χ3n) is 2.55. The average molecular weight is 253 g/mol. The zero-order valence-electron chi connectivity index (χ0n) is 10.5. The van der Waals surface area contributed by atoms with E-state index in [4.69, 9.17) is 0 Å². The standard InChI is InChI=1S/C13H19NO2S/c1-4-13(2,3)14-12(16)9-17-11-7-5-6-10(15)8-11/h5-8,15H,4,9H2,1-3H3,(H,14,16). The van der Waals surface area contributed by atoms with Crippen molar-refractivity contribution in [3.63, 3.8) is 0 Å². The number of phenolic OH excluding ortho intramolecular Hbond substituents is 1. The second-order valence-corrected chi connectivity index (χ2v) is 5.62. The van der Waals surface area contributed by atoms with Crippen LogP contribution in [-0.2, 0) is 4.79 Å². The van der Waals surface area contributed by atoms with Crippen LogP contribution in [0.4, 0.5) is 0 Å². The highest BCUT2D eigenvalue weighted by Crippen LogP contribution is 2.22. The maximum atomic E-state index is 11.7. The molecule has 0 aliphatic rings. The predicted octanol–water partition coefficient (Wildman–Crippen LogP) is 2.79. The number of hydrogen-bond acceptors (Lipinski definition) is 3. The van der Waals surface area contributed by atoms with Crippen LogP contribution in [0.2, 0.25) is 0 Å². The number of benzene rings is 1. The van der Waals surface area contributed by atoms with Gasteiger partial charge in [-0.2, -0.15) is 0 Å². The lowest BCUT2D eigenvalue weighted by Crippen LogP contribution is -2.43. The first-order valence-electron chi connectivity index (χ1n) is 5.66. The average Bonchev–Trinajstić information content (AvgIpc) is 2.26. The van der Waals surface area contributed by atoms with Gasteiger partial charge in [0.15, 0.2) is 0 Å². The second kappa shape index (κ2) is 5.96. The Balaban J connectivity index is 2.44. The lowest BCUT2D eigenvalue weighted by molar-refractivity contribution is -0.120. The first kappa shape index (κ1) is 13.9. The maximum Gasteiger partial charge on any atom is 0.230 e. The second-order valence-electron chi connectivity index (χ2n) is 4.57. The molecule has 1 aromatic carbocycles. The van der Waals surface area contributed by atoms with Crippen LogP contribution in [0.1, 0.15) is 27.2 Å². The van der Waals surface area contributed by atoms with Gasteiger partial charge >= 0.3 is 0 Å². The number of carbonyl (C=O) groups excluding carboxylic acids is 1. The summed E-state index contributed by atoms with van der Waals surface area (Å²) in [6.07, 6.45) is 0.898. The molecule has 0 fully saturated rings. The molecule has 3 nitrogen and oxygen atoms in total. The van der Waals surface area contributed by atoms with E-state index in [2.05, 4.69) is 5.32 Å². The molecule has 0 heterocycles. The Morgan fingerprint density at radius 1 is 1.47 bits per heavy atom. The number of aromatic hydroxyl groups is 1. The van der Waals surface area contributed by atoms with Crippen LogP contribution < -0.4 is 5.32 Å². The van der Waals surface area contributed by atoms with E-state index in [1.54, 1.807) is 18.2 Å². The van der Waals surface area contributed by atoms with E-state index in [0.29, 0.717) is 5.75 Å². The predicted molar refractivity (Wildman–Crippen MR) is 71.3 cm³/mol. The number of amides is 1. The first-order chi connectivity index (χ1) is 7.93. The summed E-state index contributed by atoms with van der Waals surface area (Å²) in [5.74, 6) is 0.613. The van der Waals surface area contributed by atoms with E-state index in [1.807, 2.05) is 26.8 Å². The number of thioether (sulfide) groups is 1. The van der Waals surface area contributed by atoms with E-state index in [1.165, 1.54) is 11.8 Å². The van der Waals surface area contributed by atoms with Gasteiger partial charge in [-0.1, -0.05) is 13.0 Å². The molecule has 4 heteroatoms. The Bertz CT molecular complexity index is 391. The molecule has 2 N–H and O–H groups in total. The minimum absolute atomic E-state index is 0.0187. The van der Waals surface area contributed by atoms with Crippen molar-refractivity contribution in [3.8, 4) is 5.75 Å². The summed E-state index contributed by atoms with van der Waals surface area (Å²) in [7, 11) is 0. The van der Waals surface area contributed by atoms with E-state index in [9.17, 15) is 9.90 Å². The molecule has 0 saturated heterocycles. The van der Waals surface area contributed by atoms with Gasteiger partial charge in [-0.3, -0.25) is 4.79 Å². The molecular weight excluding hydrogens is 234 g/mol. The van der Waals surface area contributed by atoms with Crippen LogP contribution in [0.15, 0.2) is 29.2 Å². The molecule has 0 radical (unpaired) electrons. The third-order valence-corrected chi connectivity index (χ3v) is 3.54. The fraction of sp³-hybridized carbons (Fsp3) is 0.462. The molecule has 0 aliphatic carbocycles. The minimum Gasteiger partial charge on any atom is -0.508 e. The Morgan fingerprint density at radius 3 is 2.76 bits per heavy atom. The van der Waals surface area contributed by atoms with Gasteiger partial charge in [0.2, 0.25) is 5.91 Å². The van der Waals surface area contributed by atoms with Gasteiger partial charge in [-0.15, -0.1) is 11.8 Å². The largest absolute Gasteiger partial charge is 0.508 e. The van der Waals surface area contributed by atoms with Crippen LogP contribution in [0.25, 0.3) is 0 Å². The van der Waals surface area contributed by atoms with Crippen molar-refractivity contribution in [2.75, 3.05) is 5.75 Å². The van der Waals surface area contributed by atoms with Crippen LogP contribution in [0.5, 0.6) is 5.75 Å². The van der Waals surface area contributed by atoms with Gasteiger partial charge in [0.05, 0.1) is 5.75 Å². The molecule has 1 aromatic rings. The van der Waals surface area contributed by atoms with E-state index in [-0.39, 0.29) is 17.2 Å². The van der Waals surface area contributed by atoms with Crippen molar-refractivity contribution in [1.29, 1.82) is 0 Å². The molecule has 0 atom stereocenters. The van der Waals surface area contributed by atoms with Crippen molar-refractivity contribution < 1.29 is 9.90 Å². The molecule has 0 saturated carbocycles. The zero-order valence-corrected chi connectivity index (χ0v) is 11.3. The van der Waals surface area contributed by atoms with Crippen LogP contribution in [-0.4, -0.2) is 22.3 Å². The summed E-state index contributed by atoms with van der Waals surface area (Å²) >= 11 is 1.42. The molecule has 0 unspecified atom stereocenters. The molecule has 0 aromatic heterocycles. The number of hydrogen-bond donors (Lipinski definition) is 2. The molecule has 0 spiro atoms. The topological polar surface area (TPSA) is 49.3 Å². The smallest absolute Gasteiger partial charge is 0.230 e. The van der Waals surface area contributed by atoms with Gasteiger partial charge in [0, 0.05) is 10.4 Å². The van der Waals surface area contributed by atoms with Gasteiger partial charge in [-0.25, -0.2) is 0 Å². The van der Waals surface area contributed by atoms with Crippen molar-refractivity contribution in [3.05, 3.63) is 24.3 Å². The Hall–Kier alpha value is -1.16. The highest BCUT2D eigenvalue weighted by molar-refractivity contribution is 8.00. The number of rotatable bonds is 5. The fourth-order valence-corrected chi connectivity index (χ4v) is 1.97. The number of nitrogens with one attached hydrogen (secondary N) is 1. The Morgan fingerprint density at radius 2 is 2.18 bits per heavy atom. The van der Waals surface area contributed by atoms with Gasteiger partial charge < -0.3 is 10.4 Å². The van der Waals surface area contributed by atoms with Crippen LogP contribution >= 0.6 is 11.8 Å². The fourth-order valence-electron chi connectivity index (χ4n) is 1.22. The van der Waals surface area contributed by atoms with Gasteiger partial charge in [0.1, 0.15) is 5.75 Å². The monoisotopic (exact) mass is 253 g/mol. The highest BCUT2D eigenvalue weighted by atomic mass is 32.2. The maximum absolute atomic E-state index is 11.7. The van der Waals surface area contributed by atoms with Crippen molar-refractivity contribution in [1.82, 2.24) is 5.32 Å². The summed E-state index contributed by atoms with van der Waals surface area (Å²) in [6.45, 7) is 6.05. The number of phenols is 1. The highest BCUT2D eigenvalue weighted by Gasteiger charge is 2.17. The van der Waals surface area contributed by atoms with Crippen molar-refractivity contribution >= 4 is 17.7 Å². The SMILES string of the molecule is CCC(C)(C)NC(=O)CSc1cccc(O)c1. The molecule has 1 rings (SSSR count). The Labute approximate surface area is 107 Å². The van der Waals surface area contributed by atoms with Crippen LogP contribution in [0, 0.1) is 0 Å².